The van der Waals surface area contributed by atoms with Crippen LogP contribution in [0.3, 0.4) is 0 Å². The molecule has 0 aliphatic heterocycles. The van der Waals surface area contributed by atoms with Crippen molar-refractivity contribution in [2.24, 2.45) is 0 Å². The topological polar surface area (TPSA) is 25.8 Å². The lowest BCUT2D eigenvalue weighted by Crippen LogP contribution is -1.91. The van der Waals surface area contributed by atoms with Crippen molar-refractivity contribution < 1.29 is 0 Å². The van der Waals surface area contributed by atoms with Gasteiger partial charge < -0.3 is 0 Å². The Morgan fingerprint density at radius 3 is 2.56 bits per heavy atom. The first-order valence-electron chi connectivity index (χ1n) is 7.96. The van der Waals surface area contributed by atoms with Gasteiger partial charge in [0.05, 0.1) is 5.39 Å². The van der Waals surface area contributed by atoms with Gasteiger partial charge in [-0.25, -0.2) is 9.97 Å². The summed E-state index contributed by atoms with van der Waals surface area (Å²) in [5.41, 5.74) is 3.78. The van der Waals surface area contributed by atoms with E-state index in [0.29, 0.717) is 0 Å². The maximum absolute atomic E-state index is 4.56. The fraction of sp³-hybridized carbons (Fsp3) is 0.100. The number of thiophene rings is 1. The molecule has 0 atom stereocenters. The molecule has 0 unspecified atom stereocenters. The lowest BCUT2D eigenvalue weighted by Gasteiger charge is -2.06. The van der Waals surface area contributed by atoms with Crippen molar-refractivity contribution in [3.8, 4) is 11.1 Å². The van der Waals surface area contributed by atoms with Gasteiger partial charge in [0.15, 0.2) is 0 Å². The lowest BCUT2D eigenvalue weighted by atomic mass is 10.1. The van der Waals surface area contributed by atoms with Crippen molar-refractivity contribution in [2.75, 3.05) is 5.75 Å². The van der Waals surface area contributed by atoms with Crippen LogP contribution in [0.15, 0.2) is 75.8 Å². The quantitative estimate of drug-likeness (QED) is 0.270. The molecule has 0 aliphatic rings. The van der Waals surface area contributed by atoms with Gasteiger partial charge in [-0.2, -0.15) is 0 Å². The standard InChI is InChI=1S/C20H15BrN2S2/c21-16-8-6-15(7-9-16)17-12-25-20-18(17)19(22-13-23-20)24-11-10-14-4-2-1-3-5-14/h1-9,12-13H,10-11H2. The molecule has 4 rings (SSSR count). The van der Waals surface area contributed by atoms with E-state index in [2.05, 4.69) is 85.9 Å². The van der Waals surface area contributed by atoms with Crippen LogP contribution in [0.4, 0.5) is 0 Å². The molecule has 124 valence electrons. The SMILES string of the molecule is Brc1ccc(-c2csc3ncnc(SCCc4ccccc4)c23)cc1. The summed E-state index contributed by atoms with van der Waals surface area (Å²) >= 11 is 6.99. The number of thioether (sulfide) groups is 1. The number of halogens is 1. The molecule has 0 spiro atoms. The van der Waals surface area contributed by atoms with Gasteiger partial charge in [0.2, 0.25) is 0 Å². The molecule has 0 N–H and O–H groups in total. The second-order valence-corrected chi connectivity index (χ2v) is 8.46. The number of aryl methyl sites for hydroxylation is 1. The van der Waals surface area contributed by atoms with Crippen molar-refractivity contribution in [3.63, 3.8) is 0 Å². The van der Waals surface area contributed by atoms with Crippen molar-refractivity contribution in [1.82, 2.24) is 9.97 Å². The first kappa shape index (κ1) is 16.8. The Morgan fingerprint density at radius 2 is 1.76 bits per heavy atom. The number of fused-ring (bicyclic) bond motifs is 1. The number of aromatic nitrogens is 2. The predicted molar refractivity (Wildman–Crippen MR) is 111 cm³/mol. The highest BCUT2D eigenvalue weighted by Crippen LogP contribution is 2.38. The maximum Gasteiger partial charge on any atom is 0.128 e. The minimum atomic E-state index is 1.01. The second kappa shape index (κ2) is 7.68. The van der Waals surface area contributed by atoms with Gasteiger partial charge in [-0.3, -0.25) is 0 Å². The highest BCUT2D eigenvalue weighted by Gasteiger charge is 2.13. The highest BCUT2D eigenvalue weighted by molar-refractivity contribution is 9.10. The Hall–Kier alpha value is -1.69. The molecule has 2 nitrogen and oxygen atoms in total. The third kappa shape index (κ3) is 3.78. The summed E-state index contributed by atoms with van der Waals surface area (Å²) < 4.78 is 1.09. The number of nitrogens with zero attached hydrogens (tertiary/aromatic N) is 2. The zero-order chi connectivity index (χ0) is 17.1. The second-order valence-electron chi connectivity index (χ2n) is 5.60. The van der Waals surface area contributed by atoms with E-state index in [1.54, 1.807) is 17.7 Å². The Kier molecular flexibility index (Phi) is 5.15. The smallest absolute Gasteiger partial charge is 0.128 e. The molecule has 0 aliphatic carbocycles. The van der Waals surface area contributed by atoms with Crippen LogP contribution in [-0.4, -0.2) is 15.7 Å². The Labute approximate surface area is 163 Å². The van der Waals surface area contributed by atoms with Crippen LogP contribution in [0, 0.1) is 0 Å². The largest absolute Gasteiger partial charge is 0.229 e. The average molecular weight is 427 g/mol. The Balaban J connectivity index is 1.62. The van der Waals surface area contributed by atoms with E-state index in [9.17, 15) is 0 Å². The zero-order valence-electron chi connectivity index (χ0n) is 13.4. The number of benzene rings is 2. The van der Waals surface area contributed by atoms with Gasteiger partial charge in [-0.05, 0) is 29.7 Å². The van der Waals surface area contributed by atoms with Gasteiger partial charge in [-0.15, -0.1) is 23.1 Å². The van der Waals surface area contributed by atoms with Crippen LogP contribution in [0.25, 0.3) is 21.3 Å². The molecule has 0 bridgehead atoms. The Morgan fingerprint density at radius 1 is 0.960 bits per heavy atom. The molecular weight excluding hydrogens is 412 g/mol. The summed E-state index contributed by atoms with van der Waals surface area (Å²) in [7, 11) is 0. The summed E-state index contributed by atoms with van der Waals surface area (Å²) in [5, 5.41) is 4.43. The van der Waals surface area contributed by atoms with E-state index < -0.39 is 0 Å². The van der Waals surface area contributed by atoms with E-state index in [4.69, 9.17) is 0 Å². The molecule has 2 heterocycles. The van der Waals surface area contributed by atoms with Gasteiger partial charge in [0.25, 0.3) is 0 Å². The van der Waals surface area contributed by atoms with E-state index in [-0.39, 0.29) is 0 Å². The van der Waals surface area contributed by atoms with Crippen LogP contribution in [0.1, 0.15) is 5.56 Å². The number of hydrogen-bond donors (Lipinski definition) is 0. The molecule has 0 radical (unpaired) electrons. The molecule has 5 heteroatoms. The minimum absolute atomic E-state index is 1.01. The monoisotopic (exact) mass is 426 g/mol. The van der Waals surface area contributed by atoms with Crippen LogP contribution in [0.5, 0.6) is 0 Å². The molecule has 4 aromatic rings. The summed E-state index contributed by atoms with van der Waals surface area (Å²) in [6, 6.07) is 19.0. The van der Waals surface area contributed by atoms with Crippen LogP contribution in [-0.2, 0) is 6.42 Å². The predicted octanol–water partition coefficient (Wildman–Crippen LogP) is 6.46. The first-order valence-corrected chi connectivity index (χ1v) is 10.6. The summed E-state index contributed by atoms with van der Waals surface area (Å²) in [6.45, 7) is 0. The van der Waals surface area contributed by atoms with E-state index in [0.717, 1.165) is 26.5 Å². The van der Waals surface area contributed by atoms with Gasteiger partial charge in [0.1, 0.15) is 16.2 Å². The van der Waals surface area contributed by atoms with Gasteiger partial charge >= 0.3 is 0 Å². The maximum atomic E-state index is 4.56. The number of hydrogen-bond acceptors (Lipinski definition) is 4. The average Bonchev–Trinajstić information content (AvgIpc) is 3.08. The molecule has 0 saturated carbocycles. The van der Waals surface area contributed by atoms with E-state index in [1.165, 1.54) is 22.1 Å². The molecule has 2 aromatic heterocycles. The molecule has 0 amide bonds. The highest BCUT2D eigenvalue weighted by atomic mass is 79.9. The fourth-order valence-corrected chi connectivity index (χ4v) is 4.96. The van der Waals surface area contributed by atoms with Crippen molar-refractivity contribution >= 4 is 49.2 Å². The normalized spacial score (nSPS) is 11.1. The molecule has 25 heavy (non-hydrogen) atoms. The van der Waals surface area contributed by atoms with Crippen molar-refractivity contribution in [3.05, 3.63) is 76.3 Å². The molecule has 2 aromatic carbocycles. The molecular formula is C20H15BrN2S2. The van der Waals surface area contributed by atoms with Gasteiger partial charge in [0, 0.05) is 21.2 Å². The molecule has 0 saturated heterocycles. The first-order chi connectivity index (χ1) is 12.3. The van der Waals surface area contributed by atoms with Crippen molar-refractivity contribution in [2.45, 2.75) is 11.4 Å². The third-order valence-corrected chi connectivity index (χ3v) is 6.37. The van der Waals surface area contributed by atoms with Crippen LogP contribution < -0.4 is 0 Å². The summed E-state index contributed by atoms with van der Waals surface area (Å²) in [5.74, 6) is 1.01. The zero-order valence-corrected chi connectivity index (χ0v) is 16.6. The minimum Gasteiger partial charge on any atom is -0.229 e. The van der Waals surface area contributed by atoms with Crippen molar-refractivity contribution in [1.29, 1.82) is 0 Å². The van der Waals surface area contributed by atoms with Gasteiger partial charge in [-0.1, -0.05) is 58.4 Å². The van der Waals surface area contributed by atoms with E-state index >= 15 is 0 Å². The lowest BCUT2D eigenvalue weighted by molar-refractivity contribution is 1.09. The Bertz CT molecular complexity index is 982. The van der Waals surface area contributed by atoms with Crippen LogP contribution >= 0.6 is 39.0 Å². The van der Waals surface area contributed by atoms with Crippen LogP contribution in [0.2, 0.25) is 0 Å². The fourth-order valence-electron chi connectivity index (χ4n) is 2.71. The third-order valence-electron chi connectivity index (χ3n) is 3.96. The summed E-state index contributed by atoms with van der Waals surface area (Å²) in [4.78, 5) is 10.1. The summed E-state index contributed by atoms with van der Waals surface area (Å²) in [6.07, 6.45) is 2.71. The number of rotatable bonds is 5. The molecule has 0 fully saturated rings. The van der Waals surface area contributed by atoms with E-state index in [1.807, 2.05) is 11.8 Å².